The second-order valence-corrected chi connectivity index (χ2v) is 7.58. The zero-order valence-electron chi connectivity index (χ0n) is 17.0. The quantitative estimate of drug-likeness (QED) is 0.356. The second kappa shape index (κ2) is 10.9. The molecule has 0 spiro atoms. The predicted molar refractivity (Wildman–Crippen MR) is 106 cm³/mol. The average molecular weight is 409 g/mol. The SMILES string of the molecule is C[C@H](OC(=O)OC1CCCCCC1)[C@H](C)OC(=O)[C@@H](N)Cc1ccc(O)c(O)c1. The Morgan fingerprint density at radius 1 is 1.03 bits per heavy atom. The van der Waals surface area contributed by atoms with E-state index in [-0.39, 0.29) is 24.0 Å². The molecule has 0 aliphatic heterocycles. The first-order valence-electron chi connectivity index (χ1n) is 10.1. The molecule has 1 fully saturated rings. The minimum atomic E-state index is -0.966. The summed E-state index contributed by atoms with van der Waals surface area (Å²) in [5, 5.41) is 18.9. The standard InChI is InChI=1S/C21H31NO7/c1-13(14(2)28-21(26)29-16-7-5-3-4-6-8-16)27-20(25)17(22)11-15-9-10-18(23)19(24)12-15/h9-10,12-14,16-17,23-24H,3-8,11,22H2,1-2H3/t13-,14-,17-/m0/s1. The summed E-state index contributed by atoms with van der Waals surface area (Å²) in [6.45, 7) is 3.23. The molecule has 2 rings (SSSR count). The molecule has 1 aromatic carbocycles. The van der Waals surface area contributed by atoms with Gasteiger partial charge in [0.1, 0.15) is 24.4 Å². The fourth-order valence-electron chi connectivity index (χ4n) is 3.17. The van der Waals surface area contributed by atoms with Crippen LogP contribution in [0.2, 0.25) is 0 Å². The number of carbonyl (C=O) groups excluding carboxylic acids is 2. The molecule has 1 aliphatic rings. The molecule has 162 valence electrons. The zero-order valence-corrected chi connectivity index (χ0v) is 17.0. The van der Waals surface area contributed by atoms with Crippen molar-refractivity contribution in [2.75, 3.05) is 0 Å². The first-order chi connectivity index (χ1) is 13.8. The van der Waals surface area contributed by atoms with Gasteiger partial charge in [-0.2, -0.15) is 0 Å². The van der Waals surface area contributed by atoms with Crippen molar-refractivity contribution in [3.63, 3.8) is 0 Å². The Balaban J connectivity index is 1.77. The normalized spacial score (nSPS) is 18.2. The minimum Gasteiger partial charge on any atom is -0.504 e. The Morgan fingerprint density at radius 2 is 1.66 bits per heavy atom. The number of rotatable bonds is 7. The third kappa shape index (κ3) is 7.45. The van der Waals surface area contributed by atoms with Crippen molar-refractivity contribution in [1.29, 1.82) is 0 Å². The number of nitrogens with two attached hydrogens (primary N) is 1. The first-order valence-corrected chi connectivity index (χ1v) is 10.1. The van der Waals surface area contributed by atoms with Crippen LogP contribution in [0, 0.1) is 0 Å². The molecule has 4 N–H and O–H groups in total. The third-order valence-corrected chi connectivity index (χ3v) is 5.11. The summed E-state index contributed by atoms with van der Waals surface area (Å²) >= 11 is 0. The summed E-state index contributed by atoms with van der Waals surface area (Å²) < 4.78 is 15.9. The molecule has 0 heterocycles. The maximum absolute atomic E-state index is 12.2. The highest BCUT2D eigenvalue weighted by atomic mass is 16.7. The van der Waals surface area contributed by atoms with Gasteiger partial charge < -0.3 is 30.2 Å². The summed E-state index contributed by atoms with van der Waals surface area (Å²) in [4.78, 5) is 24.2. The van der Waals surface area contributed by atoms with E-state index < -0.39 is 30.4 Å². The van der Waals surface area contributed by atoms with Gasteiger partial charge in [0.2, 0.25) is 0 Å². The summed E-state index contributed by atoms with van der Waals surface area (Å²) in [5.41, 5.74) is 6.45. The topological polar surface area (TPSA) is 128 Å². The van der Waals surface area contributed by atoms with Gasteiger partial charge in [-0.25, -0.2) is 4.79 Å². The monoisotopic (exact) mass is 409 g/mol. The van der Waals surface area contributed by atoms with E-state index in [1.165, 1.54) is 12.1 Å². The van der Waals surface area contributed by atoms with Gasteiger partial charge in [-0.1, -0.05) is 18.9 Å². The van der Waals surface area contributed by atoms with Crippen LogP contribution < -0.4 is 5.73 Å². The zero-order chi connectivity index (χ0) is 21.4. The smallest absolute Gasteiger partial charge is 0.504 e. The van der Waals surface area contributed by atoms with Crippen molar-refractivity contribution >= 4 is 12.1 Å². The van der Waals surface area contributed by atoms with Gasteiger partial charge in [0.15, 0.2) is 11.5 Å². The van der Waals surface area contributed by atoms with Crippen molar-refractivity contribution in [3.8, 4) is 11.5 Å². The lowest BCUT2D eigenvalue weighted by atomic mass is 10.1. The molecule has 0 saturated heterocycles. The number of hydrogen-bond acceptors (Lipinski definition) is 8. The highest BCUT2D eigenvalue weighted by molar-refractivity contribution is 5.76. The van der Waals surface area contributed by atoms with E-state index in [2.05, 4.69) is 0 Å². The van der Waals surface area contributed by atoms with E-state index in [0.29, 0.717) is 5.56 Å². The Labute approximate surface area is 170 Å². The van der Waals surface area contributed by atoms with Gasteiger partial charge in [0.05, 0.1) is 0 Å². The van der Waals surface area contributed by atoms with Gasteiger partial charge >= 0.3 is 12.1 Å². The molecular weight excluding hydrogens is 378 g/mol. The molecule has 8 nitrogen and oxygen atoms in total. The van der Waals surface area contributed by atoms with E-state index in [9.17, 15) is 19.8 Å². The van der Waals surface area contributed by atoms with Crippen LogP contribution in [0.3, 0.4) is 0 Å². The number of benzene rings is 1. The number of ether oxygens (including phenoxy) is 3. The molecule has 0 aromatic heterocycles. The molecule has 0 bridgehead atoms. The van der Waals surface area contributed by atoms with Crippen LogP contribution >= 0.6 is 0 Å². The molecular formula is C21H31NO7. The summed E-state index contributed by atoms with van der Waals surface area (Å²) in [6.07, 6.45) is 3.93. The lowest BCUT2D eigenvalue weighted by molar-refractivity contribution is -0.155. The molecule has 0 radical (unpaired) electrons. The average Bonchev–Trinajstić information content (AvgIpc) is 2.93. The number of aromatic hydroxyl groups is 2. The van der Waals surface area contributed by atoms with Gasteiger partial charge in [-0.3, -0.25) is 4.79 Å². The van der Waals surface area contributed by atoms with Gasteiger partial charge in [0.25, 0.3) is 0 Å². The van der Waals surface area contributed by atoms with E-state index in [4.69, 9.17) is 19.9 Å². The maximum atomic E-state index is 12.2. The van der Waals surface area contributed by atoms with Crippen LogP contribution in [0.5, 0.6) is 11.5 Å². The molecule has 3 atom stereocenters. The van der Waals surface area contributed by atoms with Crippen LogP contribution in [0.4, 0.5) is 4.79 Å². The van der Waals surface area contributed by atoms with Gasteiger partial charge in [0, 0.05) is 0 Å². The van der Waals surface area contributed by atoms with Crippen molar-refractivity contribution in [2.45, 2.75) is 83.1 Å². The number of carbonyl (C=O) groups is 2. The van der Waals surface area contributed by atoms with Gasteiger partial charge in [-0.05, 0) is 63.6 Å². The molecule has 29 heavy (non-hydrogen) atoms. The number of esters is 1. The van der Waals surface area contributed by atoms with E-state index in [1.807, 2.05) is 0 Å². The Kier molecular flexibility index (Phi) is 8.57. The van der Waals surface area contributed by atoms with Crippen LogP contribution in [0.25, 0.3) is 0 Å². The van der Waals surface area contributed by atoms with Crippen molar-refractivity contribution in [1.82, 2.24) is 0 Å². The second-order valence-electron chi connectivity index (χ2n) is 7.58. The van der Waals surface area contributed by atoms with Crippen LogP contribution in [0.1, 0.15) is 57.9 Å². The molecule has 1 saturated carbocycles. The van der Waals surface area contributed by atoms with Gasteiger partial charge in [-0.15, -0.1) is 0 Å². The third-order valence-electron chi connectivity index (χ3n) is 5.11. The fourth-order valence-corrected chi connectivity index (χ4v) is 3.17. The van der Waals surface area contributed by atoms with Crippen LogP contribution in [-0.2, 0) is 25.4 Å². The molecule has 1 aliphatic carbocycles. The number of hydrogen-bond donors (Lipinski definition) is 3. The number of phenolic OH excluding ortho intramolecular Hbond substituents is 2. The summed E-state index contributed by atoms with van der Waals surface area (Å²) in [6, 6.07) is 3.25. The Hall–Kier alpha value is -2.48. The Morgan fingerprint density at radius 3 is 2.28 bits per heavy atom. The molecule has 1 aromatic rings. The van der Waals surface area contributed by atoms with E-state index in [1.54, 1.807) is 19.9 Å². The summed E-state index contributed by atoms with van der Waals surface area (Å²) in [7, 11) is 0. The minimum absolute atomic E-state index is 0.120. The fraction of sp³-hybridized carbons (Fsp3) is 0.619. The Bertz CT molecular complexity index is 686. The number of phenols is 2. The van der Waals surface area contributed by atoms with Crippen LogP contribution in [-0.4, -0.2) is 46.7 Å². The van der Waals surface area contributed by atoms with E-state index in [0.717, 1.165) is 38.5 Å². The summed E-state index contributed by atoms with van der Waals surface area (Å²) in [5.74, 6) is -1.19. The molecule has 0 unspecified atom stereocenters. The molecule has 0 amide bonds. The highest BCUT2D eigenvalue weighted by Crippen LogP contribution is 2.25. The lowest BCUT2D eigenvalue weighted by Crippen LogP contribution is -2.39. The highest BCUT2D eigenvalue weighted by Gasteiger charge is 2.26. The van der Waals surface area contributed by atoms with Crippen molar-refractivity contribution in [2.24, 2.45) is 5.73 Å². The predicted octanol–water partition coefficient (Wildman–Crippen LogP) is 3.16. The first kappa shape index (κ1) is 22.8. The molecule has 8 heteroatoms. The van der Waals surface area contributed by atoms with E-state index >= 15 is 0 Å². The maximum Gasteiger partial charge on any atom is 0.508 e. The lowest BCUT2D eigenvalue weighted by Gasteiger charge is -2.23. The van der Waals surface area contributed by atoms with Crippen LogP contribution in [0.15, 0.2) is 18.2 Å². The largest absolute Gasteiger partial charge is 0.508 e. The van der Waals surface area contributed by atoms with Crippen molar-refractivity contribution in [3.05, 3.63) is 23.8 Å². The van der Waals surface area contributed by atoms with Crippen molar-refractivity contribution < 1.29 is 34.0 Å².